The van der Waals surface area contributed by atoms with Crippen molar-refractivity contribution in [3.8, 4) is 0 Å². The average Bonchev–Trinajstić information content (AvgIpc) is 3.33. The van der Waals surface area contributed by atoms with Crippen molar-refractivity contribution in [1.29, 1.82) is 0 Å². The Morgan fingerprint density at radius 2 is 2.09 bits per heavy atom. The van der Waals surface area contributed by atoms with E-state index in [2.05, 4.69) is 22.0 Å². The highest BCUT2D eigenvalue weighted by Crippen LogP contribution is 2.40. The van der Waals surface area contributed by atoms with Crippen molar-refractivity contribution in [3.05, 3.63) is 45.6 Å². The molecule has 1 saturated carbocycles. The van der Waals surface area contributed by atoms with Crippen LogP contribution in [-0.2, 0) is 14.1 Å². The highest BCUT2D eigenvalue weighted by atomic mass is 35.5. The second-order valence-electron chi connectivity index (χ2n) is 5.93. The predicted octanol–water partition coefficient (Wildman–Crippen LogP) is 2.94. The number of imidazole rings is 1. The van der Waals surface area contributed by atoms with Gasteiger partial charge >= 0.3 is 0 Å². The lowest BCUT2D eigenvalue weighted by atomic mass is 10.2. The van der Waals surface area contributed by atoms with Gasteiger partial charge in [0.25, 0.3) is 5.56 Å². The van der Waals surface area contributed by atoms with Gasteiger partial charge in [0, 0.05) is 25.7 Å². The average molecular weight is 330 g/mol. The molecule has 3 aromatic rings. The molecule has 0 atom stereocenters. The van der Waals surface area contributed by atoms with Crippen LogP contribution in [0.1, 0.15) is 24.6 Å². The number of nitrogens with zero attached hydrogens (tertiary/aromatic N) is 4. The van der Waals surface area contributed by atoms with Crippen LogP contribution in [0.2, 0.25) is 5.02 Å². The number of aryl methyl sites for hydroxylation is 2. The summed E-state index contributed by atoms with van der Waals surface area (Å²) in [7, 11) is 3.62. The van der Waals surface area contributed by atoms with Crippen molar-refractivity contribution >= 4 is 34.0 Å². The van der Waals surface area contributed by atoms with Gasteiger partial charge < -0.3 is 9.88 Å². The van der Waals surface area contributed by atoms with Gasteiger partial charge in [-0.3, -0.25) is 4.79 Å². The van der Waals surface area contributed by atoms with E-state index < -0.39 is 0 Å². The van der Waals surface area contributed by atoms with Crippen molar-refractivity contribution in [2.75, 3.05) is 5.32 Å². The normalized spacial score (nSPS) is 14.4. The third kappa shape index (κ3) is 2.39. The molecular formula is C16H16ClN5O. The molecule has 7 heteroatoms. The minimum Gasteiger partial charge on any atom is -0.353 e. The monoisotopic (exact) mass is 329 g/mol. The Hall–Kier alpha value is -2.34. The molecule has 0 radical (unpaired) electrons. The number of hydrogen-bond acceptors (Lipinski definition) is 4. The largest absolute Gasteiger partial charge is 0.353 e. The zero-order chi connectivity index (χ0) is 16.1. The first-order valence-electron chi connectivity index (χ1n) is 7.50. The van der Waals surface area contributed by atoms with E-state index in [0.717, 1.165) is 22.5 Å². The molecule has 1 fully saturated rings. The van der Waals surface area contributed by atoms with Crippen molar-refractivity contribution in [3.63, 3.8) is 0 Å². The van der Waals surface area contributed by atoms with Crippen LogP contribution in [0.25, 0.3) is 11.0 Å². The molecular weight excluding hydrogens is 314 g/mol. The Morgan fingerprint density at radius 1 is 1.30 bits per heavy atom. The highest BCUT2D eigenvalue weighted by molar-refractivity contribution is 6.33. The summed E-state index contributed by atoms with van der Waals surface area (Å²) in [6, 6.07) is 5.95. The summed E-state index contributed by atoms with van der Waals surface area (Å²) in [5.74, 6) is 1.74. The first-order chi connectivity index (χ1) is 11.0. The first kappa shape index (κ1) is 14.3. The summed E-state index contributed by atoms with van der Waals surface area (Å²) in [6.07, 6.45) is 3.98. The van der Waals surface area contributed by atoms with Gasteiger partial charge in [-0.1, -0.05) is 11.6 Å². The molecule has 0 saturated heterocycles. The molecule has 1 N–H and O–H groups in total. The van der Waals surface area contributed by atoms with Gasteiger partial charge in [-0.15, -0.1) is 0 Å². The van der Waals surface area contributed by atoms with E-state index >= 15 is 0 Å². The van der Waals surface area contributed by atoms with Crippen LogP contribution in [0, 0.1) is 0 Å². The minimum atomic E-state index is -0.327. The second-order valence-corrected chi connectivity index (χ2v) is 6.31. The number of nitrogens with one attached hydrogen (secondary N) is 1. The molecule has 2 heterocycles. The van der Waals surface area contributed by atoms with Crippen molar-refractivity contribution < 1.29 is 0 Å². The molecule has 1 aliphatic rings. The maximum absolute atomic E-state index is 11.8. The third-order valence-electron chi connectivity index (χ3n) is 4.22. The maximum Gasteiger partial charge on any atom is 0.287 e. The van der Waals surface area contributed by atoms with Gasteiger partial charge in [0.2, 0.25) is 0 Å². The number of aromatic nitrogens is 4. The molecule has 4 rings (SSSR count). The predicted molar refractivity (Wildman–Crippen MR) is 90.5 cm³/mol. The molecule has 0 unspecified atom stereocenters. The maximum atomic E-state index is 11.8. The molecule has 118 valence electrons. The lowest BCUT2D eigenvalue weighted by Crippen LogP contribution is -2.20. The van der Waals surface area contributed by atoms with Crippen LogP contribution in [0.5, 0.6) is 0 Å². The number of benzene rings is 1. The Kier molecular flexibility index (Phi) is 3.16. The molecule has 0 bridgehead atoms. The Morgan fingerprint density at radius 3 is 2.83 bits per heavy atom. The van der Waals surface area contributed by atoms with Crippen LogP contribution in [0.4, 0.5) is 11.4 Å². The van der Waals surface area contributed by atoms with Crippen molar-refractivity contribution in [2.45, 2.75) is 18.8 Å². The zero-order valence-corrected chi connectivity index (χ0v) is 13.6. The quantitative estimate of drug-likeness (QED) is 0.802. The highest BCUT2D eigenvalue weighted by Gasteiger charge is 2.28. The fraction of sp³-hybridized carbons (Fsp3) is 0.312. The van der Waals surface area contributed by atoms with E-state index in [1.165, 1.54) is 17.5 Å². The van der Waals surface area contributed by atoms with Gasteiger partial charge in [-0.25, -0.2) is 9.67 Å². The van der Waals surface area contributed by atoms with Crippen LogP contribution in [0.3, 0.4) is 0 Å². The van der Waals surface area contributed by atoms with Gasteiger partial charge in [-0.2, -0.15) is 5.10 Å². The summed E-state index contributed by atoms with van der Waals surface area (Å²) in [5, 5.41) is 7.26. The van der Waals surface area contributed by atoms with E-state index in [0.29, 0.717) is 11.6 Å². The lowest BCUT2D eigenvalue weighted by molar-refractivity contribution is 0.709. The third-order valence-corrected chi connectivity index (χ3v) is 4.58. The second kappa shape index (κ2) is 5.09. The Bertz CT molecular complexity index is 970. The van der Waals surface area contributed by atoms with E-state index in [1.54, 1.807) is 13.2 Å². The fourth-order valence-corrected chi connectivity index (χ4v) is 2.97. The minimum absolute atomic E-state index is 0.127. The number of fused-ring (bicyclic) bond motifs is 1. The molecule has 1 aromatic carbocycles. The smallest absolute Gasteiger partial charge is 0.287 e. The van der Waals surface area contributed by atoms with Gasteiger partial charge in [0.1, 0.15) is 10.8 Å². The first-order valence-corrected chi connectivity index (χ1v) is 7.87. The molecule has 0 amide bonds. The van der Waals surface area contributed by atoms with Gasteiger partial charge in [-0.05, 0) is 31.0 Å². The number of halogens is 1. The van der Waals surface area contributed by atoms with E-state index in [-0.39, 0.29) is 10.6 Å². The summed E-state index contributed by atoms with van der Waals surface area (Å²) >= 11 is 6.09. The van der Waals surface area contributed by atoms with Crippen molar-refractivity contribution in [1.82, 2.24) is 19.3 Å². The molecule has 2 aromatic heterocycles. The summed E-state index contributed by atoms with van der Waals surface area (Å²) < 4.78 is 3.36. The Balaban J connectivity index is 1.72. The van der Waals surface area contributed by atoms with Gasteiger partial charge in [0.05, 0.1) is 22.9 Å². The topological polar surface area (TPSA) is 64.7 Å². The zero-order valence-electron chi connectivity index (χ0n) is 12.9. The summed E-state index contributed by atoms with van der Waals surface area (Å²) in [4.78, 5) is 16.6. The SMILES string of the molecule is Cn1ncc(Nc2ccc3c(c2)nc(C2CC2)n3C)c(Cl)c1=O. The molecule has 6 nitrogen and oxygen atoms in total. The van der Waals surface area contributed by atoms with E-state index in [9.17, 15) is 4.79 Å². The van der Waals surface area contributed by atoms with Crippen LogP contribution in [-0.4, -0.2) is 19.3 Å². The molecule has 23 heavy (non-hydrogen) atoms. The number of rotatable bonds is 3. The lowest BCUT2D eigenvalue weighted by Gasteiger charge is -2.08. The molecule has 0 spiro atoms. The molecule has 1 aliphatic carbocycles. The van der Waals surface area contributed by atoms with E-state index in [1.807, 2.05) is 18.2 Å². The fourth-order valence-electron chi connectivity index (χ4n) is 2.76. The van der Waals surface area contributed by atoms with Crippen LogP contribution < -0.4 is 10.9 Å². The van der Waals surface area contributed by atoms with E-state index in [4.69, 9.17) is 16.6 Å². The van der Waals surface area contributed by atoms with Crippen LogP contribution in [0.15, 0.2) is 29.2 Å². The van der Waals surface area contributed by atoms with Crippen LogP contribution >= 0.6 is 11.6 Å². The van der Waals surface area contributed by atoms with Gasteiger partial charge in [0.15, 0.2) is 0 Å². The van der Waals surface area contributed by atoms with Crippen molar-refractivity contribution in [2.24, 2.45) is 14.1 Å². The standard InChI is InChI=1S/C16H16ClN5O/c1-21-13-6-5-10(7-11(13)20-15(21)9-3-4-9)19-12-8-18-22(2)16(23)14(12)17/h5-9,19H,3-4H2,1-2H3. The summed E-state index contributed by atoms with van der Waals surface area (Å²) in [5.41, 5.74) is 3.03. The molecule has 0 aliphatic heterocycles. The number of hydrogen-bond donors (Lipinski definition) is 1. The summed E-state index contributed by atoms with van der Waals surface area (Å²) in [6.45, 7) is 0. The Labute approximate surface area is 137 Å². The number of anilines is 2.